The molecule has 3 rings (SSSR count). The summed E-state index contributed by atoms with van der Waals surface area (Å²) >= 11 is 0. The molecule has 0 spiro atoms. The quantitative estimate of drug-likeness (QED) is 0.711. The summed E-state index contributed by atoms with van der Waals surface area (Å²) in [6.07, 6.45) is 1.86. The van der Waals surface area contributed by atoms with E-state index >= 15 is 0 Å². The third-order valence-corrected chi connectivity index (χ3v) is 3.39. The Balaban J connectivity index is 2.14. The number of H-pyrrole nitrogens is 2. The highest BCUT2D eigenvalue weighted by Gasteiger charge is 2.15. The van der Waals surface area contributed by atoms with E-state index in [9.17, 15) is 4.79 Å². The van der Waals surface area contributed by atoms with Crippen molar-refractivity contribution in [1.82, 2.24) is 15.0 Å². The van der Waals surface area contributed by atoms with E-state index in [-0.39, 0.29) is 11.1 Å². The van der Waals surface area contributed by atoms with Gasteiger partial charge in [0.05, 0.1) is 11.0 Å². The standard InChI is InChI=1S/C16H17N3O/c1-16(2,3)13-8-7-10(9-17-13)11-5-4-6-12-14(11)19-15(20)18-12/h4-9H,1-3H3,(H2,18,19,20). The Hall–Kier alpha value is -2.36. The van der Waals surface area contributed by atoms with Crippen LogP contribution in [0.25, 0.3) is 22.2 Å². The number of nitrogens with zero attached hydrogens (tertiary/aromatic N) is 1. The number of fused-ring (bicyclic) bond motifs is 1. The van der Waals surface area contributed by atoms with Crippen molar-refractivity contribution in [2.75, 3.05) is 0 Å². The Kier molecular flexibility index (Phi) is 2.74. The van der Waals surface area contributed by atoms with Crippen molar-refractivity contribution in [2.24, 2.45) is 0 Å². The van der Waals surface area contributed by atoms with Crippen LogP contribution in [0.2, 0.25) is 0 Å². The zero-order valence-electron chi connectivity index (χ0n) is 11.8. The van der Waals surface area contributed by atoms with Crippen molar-refractivity contribution in [1.29, 1.82) is 0 Å². The van der Waals surface area contributed by atoms with E-state index in [0.29, 0.717) is 0 Å². The summed E-state index contributed by atoms with van der Waals surface area (Å²) in [7, 11) is 0. The number of para-hydroxylation sites is 1. The molecule has 102 valence electrons. The molecule has 2 aromatic heterocycles. The minimum Gasteiger partial charge on any atom is -0.306 e. The van der Waals surface area contributed by atoms with Gasteiger partial charge in [0.15, 0.2) is 0 Å². The molecule has 2 N–H and O–H groups in total. The first-order valence-electron chi connectivity index (χ1n) is 6.63. The fraction of sp³-hybridized carbons (Fsp3) is 0.250. The Morgan fingerprint density at radius 2 is 1.85 bits per heavy atom. The third-order valence-electron chi connectivity index (χ3n) is 3.39. The fourth-order valence-corrected chi connectivity index (χ4v) is 2.30. The molecule has 20 heavy (non-hydrogen) atoms. The van der Waals surface area contributed by atoms with Crippen LogP contribution in [0.5, 0.6) is 0 Å². The molecule has 4 nitrogen and oxygen atoms in total. The largest absolute Gasteiger partial charge is 0.323 e. The Morgan fingerprint density at radius 3 is 2.50 bits per heavy atom. The second-order valence-electron chi connectivity index (χ2n) is 5.99. The van der Waals surface area contributed by atoms with Gasteiger partial charge in [-0.25, -0.2) is 4.79 Å². The van der Waals surface area contributed by atoms with Gasteiger partial charge in [0, 0.05) is 28.4 Å². The monoisotopic (exact) mass is 267 g/mol. The van der Waals surface area contributed by atoms with Gasteiger partial charge in [0.25, 0.3) is 0 Å². The van der Waals surface area contributed by atoms with Crippen LogP contribution in [-0.2, 0) is 5.41 Å². The lowest BCUT2D eigenvalue weighted by Crippen LogP contribution is -2.12. The van der Waals surface area contributed by atoms with Gasteiger partial charge in [-0.15, -0.1) is 0 Å². The molecule has 3 aromatic rings. The molecule has 0 radical (unpaired) electrons. The van der Waals surface area contributed by atoms with E-state index in [1.165, 1.54) is 0 Å². The molecule has 2 heterocycles. The second kappa shape index (κ2) is 4.34. The maximum absolute atomic E-state index is 11.4. The maximum Gasteiger partial charge on any atom is 0.323 e. The summed E-state index contributed by atoms with van der Waals surface area (Å²) in [4.78, 5) is 21.6. The normalized spacial score (nSPS) is 11.9. The molecule has 0 bridgehead atoms. The summed E-state index contributed by atoms with van der Waals surface area (Å²) in [5.74, 6) is 0. The minimum atomic E-state index is -0.188. The molecule has 4 heteroatoms. The Bertz CT molecular complexity index is 804. The molecule has 1 aromatic carbocycles. The van der Waals surface area contributed by atoms with Crippen LogP contribution in [0.4, 0.5) is 0 Å². The van der Waals surface area contributed by atoms with Gasteiger partial charge in [-0.05, 0) is 12.1 Å². The first kappa shape index (κ1) is 12.7. The van der Waals surface area contributed by atoms with Gasteiger partial charge in [0.1, 0.15) is 0 Å². The summed E-state index contributed by atoms with van der Waals surface area (Å²) in [6.45, 7) is 6.41. The lowest BCUT2D eigenvalue weighted by Gasteiger charge is -2.17. The molecular formula is C16H17N3O. The lowest BCUT2D eigenvalue weighted by atomic mass is 9.91. The van der Waals surface area contributed by atoms with Gasteiger partial charge in [-0.2, -0.15) is 0 Å². The number of imidazole rings is 1. The number of rotatable bonds is 1. The van der Waals surface area contributed by atoms with Crippen molar-refractivity contribution < 1.29 is 0 Å². The summed E-state index contributed by atoms with van der Waals surface area (Å²) < 4.78 is 0. The van der Waals surface area contributed by atoms with Gasteiger partial charge < -0.3 is 9.97 Å². The molecule has 0 amide bonds. The molecular weight excluding hydrogens is 250 g/mol. The zero-order chi connectivity index (χ0) is 14.3. The van der Waals surface area contributed by atoms with Gasteiger partial charge in [-0.1, -0.05) is 39.0 Å². The number of pyridine rings is 1. The average molecular weight is 267 g/mol. The van der Waals surface area contributed by atoms with Gasteiger partial charge in [0.2, 0.25) is 0 Å². The first-order valence-corrected chi connectivity index (χ1v) is 6.63. The molecule has 0 unspecified atom stereocenters. The molecule has 0 saturated heterocycles. The van der Waals surface area contributed by atoms with Crippen LogP contribution in [0, 0.1) is 0 Å². The van der Waals surface area contributed by atoms with Crippen molar-refractivity contribution in [3.8, 4) is 11.1 Å². The fourth-order valence-electron chi connectivity index (χ4n) is 2.30. The summed E-state index contributed by atoms with van der Waals surface area (Å²) in [5, 5.41) is 0. The van der Waals surface area contributed by atoms with Crippen LogP contribution in [0.1, 0.15) is 26.5 Å². The summed E-state index contributed by atoms with van der Waals surface area (Å²) in [6, 6.07) is 9.89. The van der Waals surface area contributed by atoms with E-state index in [1.807, 2.05) is 36.5 Å². The van der Waals surface area contributed by atoms with Gasteiger partial charge >= 0.3 is 5.69 Å². The molecule has 0 saturated carbocycles. The molecule has 0 atom stereocenters. The van der Waals surface area contributed by atoms with Crippen LogP contribution in [-0.4, -0.2) is 15.0 Å². The SMILES string of the molecule is CC(C)(C)c1ccc(-c2cccc3[nH]c(=O)[nH]c23)cn1. The number of hydrogen-bond acceptors (Lipinski definition) is 2. The zero-order valence-corrected chi connectivity index (χ0v) is 11.8. The van der Waals surface area contributed by atoms with Crippen molar-refractivity contribution in [3.63, 3.8) is 0 Å². The van der Waals surface area contributed by atoms with Crippen molar-refractivity contribution in [2.45, 2.75) is 26.2 Å². The van der Waals surface area contributed by atoms with E-state index < -0.39 is 0 Å². The predicted molar refractivity (Wildman–Crippen MR) is 80.9 cm³/mol. The van der Waals surface area contributed by atoms with E-state index in [4.69, 9.17) is 0 Å². The van der Waals surface area contributed by atoms with Crippen LogP contribution in [0.3, 0.4) is 0 Å². The topological polar surface area (TPSA) is 61.5 Å². The average Bonchev–Trinajstić information content (AvgIpc) is 2.78. The first-order chi connectivity index (χ1) is 9.45. The van der Waals surface area contributed by atoms with Crippen LogP contribution in [0.15, 0.2) is 41.3 Å². The molecule has 0 aliphatic rings. The van der Waals surface area contributed by atoms with E-state index in [0.717, 1.165) is 27.9 Å². The van der Waals surface area contributed by atoms with E-state index in [2.05, 4.69) is 35.7 Å². The van der Waals surface area contributed by atoms with Crippen LogP contribution < -0.4 is 5.69 Å². The maximum atomic E-state index is 11.4. The van der Waals surface area contributed by atoms with Crippen molar-refractivity contribution in [3.05, 3.63) is 52.7 Å². The molecule has 0 fully saturated rings. The Labute approximate surface area is 116 Å². The number of nitrogens with one attached hydrogen (secondary N) is 2. The second-order valence-corrected chi connectivity index (χ2v) is 5.99. The van der Waals surface area contributed by atoms with E-state index in [1.54, 1.807) is 0 Å². The Morgan fingerprint density at radius 1 is 1.05 bits per heavy atom. The lowest BCUT2D eigenvalue weighted by molar-refractivity contribution is 0.569. The molecule has 0 aliphatic carbocycles. The number of aromatic amines is 2. The highest BCUT2D eigenvalue weighted by molar-refractivity contribution is 5.91. The highest BCUT2D eigenvalue weighted by Crippen LogP contribution is 2.27. The predicted octanol–water partition coefficient (Wildman–Crippen LogP) is 3.22. The van der Waals surface area contributed by atoms with Crippen molar-refractivity contribution >= 4 is 11.0 Å². The van der Waals surface area contributed by atoms with Crippen LogP contribution >= 0.6 is 0 Å². The minimum absolute atomic E-state index is 0.0347. The third kappa shape index (κ3) is 2.13. The molecule has 0 aliphatic heterocycles. The van der Waals surface area contributed by atoms with Gasteiger partial charge in [-0.3, -0.25) is 4.98 Å². The summed E-state index contributed by atoms with van der Waals surface area (Å²) in [5.41, 5.74) is 4.51. The highest BCUT2D eigenvalue weighted by atomic mass is 16.1. The number of hydrogen-bond donors (Lipinski definition) is 2. The smallest absolute Gasteiger partial charge is 0.306 e. The number of benzene rings is 1. The number of aromatic nitrogens is 3.